The van der Waals surface area contributed by atoms with E-state index in [0.29, 0.717) is 17.5 Å². The number of nitrogens with zero attached hydrogens (tertiary/aromatic N) is 2. The van der Waals surface area contributed by atoms with Crippen LogP contribution >= 0.6 is 0 Å². The van der Waals surface area contributed by atoms with Crippen molar-refractivity contribution in [3.8, 4) is 11.5 Å². The molecule has 27 heavy (non-hydrogen) atoms. The molecule has 0 aromatic heterocycles. The van der Waals surface area contributed by atoms with Gasteiger partial charge in [-0.1, -0.05) is 25.7 Å². The lowest BCUT2D eigenvalue weighted by Gasteiger charge is -2.47. The number of likely N-dealkylation sites (tertiary alicyclic amines) is 1. The van der Waals surface area contributed by atoms with Gasteiger partial charge in [0.25, 0.3) is 0 Å². The highest BCUT2D eigenvalue weighted by atomic mass is 16.5. The highest BCUT2D eigenvalue weighted by Gasteiger charge is 2.38. The Morgan fingerprint density at radius 3 is 2.37 bits per heavy atom. The molecule has 6 heteroatoms. The van der Waals surface area contributed by atoms with E-state index in [4.69, 9.17) is 20.2 Å². The maximum atomic E-state index is 6.22. The molecule has 3 N–H and O–H groups in total. The molecule has 0 atom stereocenters. The number of nitrogens with one attached hydrogen (secondary N) is 1. The number of aliphatic imine (C=N–C) groups is 1. The van der Waals surface area contributed by atoms with Crippen LogP contribution in [0.15, 0.2) is 23.2 Å². The van der Waals surface area contributed by atoms with Gasteiger partial charge in [0.15, 0.2) is 17.5 Å². The standard InChI is InChI=1S/C21H34N4O2/c1-26-18-10-9-17(15-19(18)27-2)24-20(22)23-16-21(11-5-3-6-12-21)25-13-7-4-8-14-25/h9-10,15H,3-8,11-14,16H2,1-2H3,(H3,22,23,24). The van der Waals surface area contributed by atoms with Crippen molar-refractivity contribution >= 4 is 11.6 Å². The molecule has 2 aliphatic rings. The fourth-order valence-electron chi connectivity index (χ4n) is 4.49. The molecule has 1 aliphatic heterocycles. The van der Waals surface area contributed by atoms with Crippen molar-refractivity contribution in [1.82, 2.24) is 4.90 Å². The summed E-state index contributed by atoms with van der Waals surface area (Å²) in [4.78, 5) is 7.46. The van der Waals surface area contributed by atoms with Gasteiger partial charge in [-0.2, -0.15) is 0 Å². The van der Waals surface area contributed by atoms with Crippen molar-refractivity contribution in [1.29, 1.82) is 0 Å². The van der Waals surface area contributed by atoms with Crippen LogP contribution in [0.25, 0.3) is 0 Å². The van der Waals surface area contributed by atoms with Crippen LogP contribution in [-0.4, -0.2) is 50.3 Å². The molecule has 1 saturated heterocycles. The van der Waals surface area contributed by atoms with Crippen molar-refractivity contribution < 1.29 is 9.47 Å². The quantitative estimate of drug-likeness (QED) is 0.588. The number of hydrogen-bond acceptors (Lipinski definition) is 4. The van der Waals surface area contributed by atoms with E-state index < -0.39 is 0 Å². The molecule has 1 aliphatic carbocycles. The molecule has 1 aromatic carbocycles. The van der Waals surface area contributed by atoms with E-state index in [1.807, 2.05) is 18.2 Å². The Balaban J connectivity index is 1.68. The van der Waals surface area contributed by atoms with Crippen molar-refractivity contribution in [2.24, 2.45) is 10.7 Å². The van der Waals surface area contributed by atoms with E-state index in [0.717, 1.165) is 12.2 Å². The first-order chi connectivity index (χ1) is 13.2. The monoisotopic (exact) mass is 374 g/mol. The zero-order valence-electron chi connectivity index (χ0n) is 16.8. The average molecular weight is 375 g/mol. The SMILES string of the molecule is COc1ccc(NC(N)=NCC2(N3CCCCC3)CCCCC2)cc1OC. The van der Waals surface area contributed by atoms with Gasteiger partial charge in [-0.25, -0.2) is 0 Å². The van der Waals surface area contributed by atoms with Gasteiger partial charge < -0.3 is 20.5 Å². The summed E-state index contributed by atoms with van der Waals surface area (Å²) in [6.07, 6.45) is 10.4. The summed E-state index contributed by atoms with van der Waals surface area (Å²) in [5, 5.41) is 3.20. The second kappa shape index (κ2) is 9.31. The molecule has 1 saturated carbocycles. The van der Waals surface area contributed by atoms with Crippen molar-refractivity contribution in [3.63, 3.8) is 0 Å². The van der Waals surface area contributed by atoms with Crippen LogP contribution in [0.1, 0.15) is 51.4 Å². The Morgan fingerprint density at radius 2 is 1.70 bits per heavy atom. The molecule has 6 nitrogen and oxygen atoms in total. The number of hydrogen-bond donors (Lipinski definition) is 2. The summed E-state index contributed by atoms with van der Waals surface area (Å²) >= 11 is 0. The number of guanidine groups is 1. The summed E-state index contributed by atoms with van der Waals surface area (Å²) in [5.41, 5.74) is 7.27. The zero-order chi connectivity index (χ0) is 19.1. The number of ether oxygens (including phenoxy) is 2. The number of methoxy groups -OCH3 is 2. The third kappa shape index (κ3) is 4.86. The van der Waals surface area contributed by atoms with Crippen LogP contribution in [0.3, 0.4) is 0 Å². The Morgan fingerprint density at radius 1 is 1.04 bits per heavy atom. The minimum absolute atomic E-state index is 0.197. The number of benzene rings is 1. The first-order valence-corrected chi connectivity index (χ1v) is 10.2. The van der Waals surface area contributed by atoms with E-state index in [1.165, 1.54) is 64.5 Å². The topological polar surface area (TPSA) is 72.1 Å². The van der Waals surface area contributed by atoms with E-state index in [1.54, 1.807) is 14.2 Å². The van der Waals surface area contributed by atoms with Gasteiger partial charge in [-0.15, -0.1) is 0 Å². The molecule has 3 rings (SSSR count). The molecule has 1 heterocycles. The van der Waals surface area contributed by atoms with E-state index in [2.05, 4.69) is 10.2 Å². The number of nitrogens with two attached hydrogens (primary N) is 1. The van der Waals surface area contributed by atoms with Gasteiger partial charge >= 0.3 is 0 Å². The molecule has 2 fully saturated rings. The van der Waals surface area contributed by atoms with E-state index in [9.17, 15) is 0 Å². The smallest absolute Gasteiger partial charge is 0.193 e. The fourth-order valence-corrected chi connectivity index (χ4v) is 4.49. The summed E-state index contributed by atoms with van der Waals surface area (Å²) in [6.45, 7) is 3.19. The van der Waals surface area contributed by atoms with Gasteiger partial charge in [-0.05, 0) is 50.9 Å². The summed E-state index contributed by atoms with van der Waals surface area (Å²) < 4.78 is 10.6. The summed E-state index contributed by atoms with van der Waals surface area (Å²) in [6, 6.07) is 5.66. The molecular formula is C21H34N4O2. The second-order valence-electron chi connectivity index (χ2n) is 7.73. The number of rotatable bonds is 6. The predicted octanol–water partition coefficient (Wildman–Crippen LogP) is 3.62. The third-order valence-corrected chi connectivity index (χ3v) is 6.01. The zero-order valence-corrected chi connectivity index (χ0v) is 16.8. The van der Waals surface area contributed by atoms with Crippen LogP contribution in [0.4, 0.5) is 5.69 Å². The van der Waals surface area contributed by atoms with E-state index >= 15 is 0 Å². The Kier molecular flexibility index (Phi) is 6.83. The lowest BCUT2D eigenvalue weighted by molar-refractivity contribution is 0.0408. The first-order valence-electron chi connectivity index (χ1n) is 10.2. The molecule has 0 radical (unpaired) electrons. The maximum absolute atomic E-state index is 6.22. The summed E-state index contributed by atoms with van der Waals surface area (Å²) in [5.74, 6) is 1.83. The Bertz CT molecular complexity index is 635. The predicted molar refractivity (Wildman–Crippen MR) is 111 cm³/mol. The van der Waals surface area contributed by atoms with E-state index in [-0.39, 0.29) is 5.54 Å². The Hall–Kier alpha value is -1.95. The minimum Gasteiger partial charge on any atom is -0.493 e. The maximum Gasteiger partial charge on any atom is 0.193 e. The van der Waals surface area contributed by atoms with Crippen molar-refractivity contribution in [2.75, 3.05) is 39.2 Å². The highest BCUT2D eigenvalue weighted by Crippen LogP contribution is 2.36. The van der Waals surface area contributed by atoms with Gasteiger partial charge in [0.2, 0.25) is 0 Å². The first kappa shape index (κ1) is 19.8. The normalized spacial score (nSPS) is 20.9. The van der Waals surface area contributed by atoms with Gasteiger partial charge in [-0.3, -0.25) is 9.89 Å². The third-order valence-electron chi connectivity index (χ3n) is 6.01. The van der Waals surface area contributed by atoms with Crippen LogP contribution in [0.2, 0.25) is 0 Å². The highest BCUT2D eigenvalue weighted by molar-refractivity contribution is 5.92. The van der Waals surface area contributed by atoms with Gasteiger partial charge in [0.1, 0.15) is 0 Å². The van der Waals surface area contributed by atoms with Gasteiger partial charge in [0, 0.05) is 17.3 Å². The number of piperidine rings is 1. The lowest BCUT2D eigenvalue weighted by Crippen LogP contribution is -2.54. The second-order valence-corrected chi connectivity index (χ2v) is 7.73. The average Bonchev–Trinajstić information content (AvgIpc) is 2.73. The van der Waals surface area contributed by atoms with Gasteiger partial charge in [0.05, 0.1) is 20.8 Å². The summed E-state index contributed by atoms with van der Waals surface area (Å²) in [7, 11) is 3.26. The van der Waals surface area contributed by atoms with Crippen LogP contribution < -0.4 is 20.5 Å². The molecule has 0 amide bonds. The molecule has 0 bridgehead atoms. The molecule has 1 aromatic rings. The largest absolute Gasteiger partial charge is 0.493 e. The molecule has 150 valence electrons. The van der Waals surface area contributed by atoms with Crippen LogP contribution in [0.5, 0.6) is 11.5 Å². The fraction of sp³-hybridized carbons (Fsp3) is 0.667. The lowest BCUT2D eigenvalue weighted by atomic mass is 9.79. The van der Waals surface area contributed by atoms with Crippen LogP contribution in [0, 0.1) is 0 Å². The number of anilines is 1. The minimum atomic E-state index is 0.197. The Labute approximate surface area is 163 Å². The van der Waals surface area contributed by atoms with Crippen molar-refractivity contribution in [3.05, 3.63) is 18.2 Å². The molecular weight excluding hydrogens is 340 g/mol. The molecule has 0 unspecified atom stereocenters. The molecule has 0 spiro atoms. The van der Waals surface area contributed by atoms with Crippen LogP contribution in [-0.2, 0) is 0 Å². The van der Waals surface area contributed by atoms with Crippen molar-refractivity contribution in [2.45, 2.75) is 56.9 Å².